The van der Waals surface area contributed by atoms with Gasteiger partial charge in [-0.1, -0.05) is 37.5 Å². The first-order valence-electron chi connectivity index (χ1n) is 8.36. The molecule has 0 bridgehead atoms. The van der Waals surface area contributed by atoms with Crippen LogP contribution in [0.2, 0.25) is 0 Å². The van der Waals surface area contributed by atoms with Crippen LogP contribution in [0.15, 0.2) is 24.3 Å². The number of nitrogens with one attached hydrogen (secondary N) is 2. The smallest absolute Gasteiger partial charge is 0.0369 e. The molecule has 0 aromatic heterocycles. The number of aryl methyl sites for hydroxylation is 1. The highest BCUT2D eigenvalue weighted by Crippen LogP contribution is 2.13. The fourth-order valence-electron chi connectivity index (χ4n) is 1.95. The van der Waals surface area contributed by atoms with Crippen molar-refractivity contribution in [2.45, 2.75) is 39.0 Å². The first-order chi connectivity index (χ1) is 19.3. The topological polar surface area (TPSA) is 24.1 Å². The second kappa shape index (κ2) is 170. The Hall–Kier alpha value is -2.63. The number of para-hydroxylation sites is 1. The standard InChI is InChI=1S/C15H26N2.11F2.FH/c1-14-10-6-7-11-15(14)17-13-9-5-3-4-8-12-16-2;11*1-2;/h6-7,10-11,16-17H,3-5,8-9,12-13H2,1-2H3;;;;;;;;;;;;1H. The molecule has 0 fully saturated rings. The maximum absolute atomic E-state index is 8.00. The molecular formula is C15H27F23N2. The van der Waals surface area contributed by atoms with Gasteiger partial charge in [0.25, 0.3) is 0 Å². The molecule has 0 heterocycles. The molecule has 258 valence electrons. The van der Waals surface area contributed by atoms with Crippen LogP contribution in [0.25, 0.3) is 0 Å². The second-order valence-corrected chi connectivity index (χ2v) is 4.61. The van der Waals surface area contributed by atoms with Crippen LogP contribution < -0.4 is 10.6 Å². The second-order valence-electron chi connectivity index (χ2n) is 4.61. The highest BCUT2D eigenvalue weighted by molar-refractivity contribution is 5.49. The summed E-state index contributed by atoms with van der Waals surface area (Å²) in [6.45, 7) is 4.40. The van der Waals surface area contributed by atoms with Gasteiger partial charge >= 0.3 is 0 Å². The van der Waals surface area contributed by atoms with Crippen LogP contribution in [0.5, 0.6) is 0 Å². The van der Waals surface area contributed by atoms with Gasteiger partial charge < -0.3 is 10.6 Å². The zero-order chi connectivity index (χ0) is 34.3. The summed E-state index contributed by atoms with van der Waals surface area (Å²) in [6.07, 6.45) is 6.63. The molecule has 0 atom stereocenters. The van der Waals surface area contributed by atoms with Gasteiger partial charge in [0, 0.05) is 113 Å². The van der Waals surface area contributed by atoms with Crippen molar-refractivity contribution in [3.63, 3.8) is 0 Å². The lowest BCUT2D eigenvalue weighted by Gasteiger charge is -2.08. The van der Waals surface area contributed by atoms with Crippen molar-refractivity contribution in [1.29, 1.82) is 0 Å². The number of unbranched alkanes of at least 4 members (excludes halogenated alkanes) is 4. The first kappa shape index (κ1) is 76.8. The number of hydrogen-bond donors (Lipinski definition) is 2. The molecule has 0 saturated heterocycles. The predicted octanol–water partition coefficient (Wildman–Crippen LogP) is 13.0. The van der Waals surface area contributed by atoms with E-state index in [-0.39, 0.29) is 4.70 Å². The molecular weight excluding hydrogens is 645 g/mol. The Morgan fingerprint density at radius 2 is 0.725 bits per heavy atom. The van der Waals surface area contributed by atoms with Crippen LogP contribution in [0.3, 0.4) is 0 Å². The minimum absolute atomic E-state index is 0. The first-order valence-corrected chi connectivity index (χ1v) is 8.36. The molecule has 0 aliphatic heterocycles. The van der Waals surface area contributed by atoms with E-state index < -0.39 is 0 Å². The van der Waals surface area contributed by atoms with Gasteiger partial charge in [-0.15, -0.1) is 0 Å². The van der Waals surface area contributed by atoms with Gasteiger partial charge in [-0.2, -0.15) is 0 Å². The molecule has 0 unspecified atom stereocenters. The summed E-state index contributed by atoms with van der Waals surface area (Å²) in [5.74, 6) is 0. The lowest BCUT2D eigenvalue weighted by Crippen LogP contribution is -2.07. The Labute approximate surface area is 212 Å². The van der Waals surface area contributed by atoms with Crippen molar-refractivity contribution < 1.29 is 105 Å². The van der Waals surface area contributed by atoms with Crippen LogP contribution in [-0.2, 0) is 0 Å². The third kappa shape index (κ3) is 124. The van der Waals surface area contributed by atoms with E-state index in [4.69, 9.17) is 101 Å². The van der Waals surface area contributed by atoms with E-state index in [1.807, 2.05) is 7.05 Å². The Morgan fingerprint density at radius 3 is 1.02 bits per heavy atom. The minimum Gasteiger partial charge on any atom is -0.385 e. The van der Waals surface area contributed by atoms with Crippen LogP contribution in [0, 0.1) is 6.92 Å². The average molecular weight is 672 g/mol. The molecule has 25 heteroatoms. The fourth-order valence-corrected chi connectivity index (χ4v) is 1.95. The number of rotatable bonds is 9. The van der Waals surface area contributed by atoms with Crippen molar-refractivity contribution in [3.8, 4) is 0 Å². The van der Waals surface area contributed by atoms with E-state index in [9.17, 15) is 0 Å². The lowest BCUT2D eigenvalue weighted by atomic mass is 10.1. The monoisotopic (exact) mass is 672 g/mol. The lowest BCUT2D eigenvalue weighted by molar-refractivity contribution is 0.108. The van der Waals surface area contributed by atoms with Crippen LogP contribution in [0.4, 0.5) is 111 Å². The summed E-state index contributed by atoms with van der Waals surface area (Å²) < 4.78 is 176. The Bertz CT molecular complexity index is 336. The number of anilines is 1. The molecule has 2 N–H and O–H groups in total. The molecule has 40 heavy (non-hydrogen) atoms. The Morgan fingerprint density at radius 1 is 0.450 bits per heavy atom. The normalized spacial score (nSPS) is 6.10. The number of hydrogen-bond acceptors (Lipinski definition) is 2. The summed E-state index contributed by atoms with van der Waals surface area (Å²) in [6, 6.07) is 8.48. The Kier molecular flexibility index (Phi) is 326. The van der Waals surface area contributed by atoms with Crippen molar-refractivity contribution in [2.75, 3.05) is 25.5 Å². The van der Waals surface area contributed by atoms with Crippen LogP contribution in [0.1, 0.15) is 37.7 Å². The summed E-state index contributed by atoms with van der Waals surface area (Å²) in [4.78, 5) is 0. The molecule has 2 nitrogen and oxygen atoms in total. The maximum Gasteiger partial charge on any atom is 0.0369 e. The summed E-state index contributed by atoms with van der Waals surface area (Å²) in [5, 5.41) is 6.69. The van der Waals surface area contributed by atoms with E-state index in [2.05, 4.69) is 41.8 Å². The Balaban J connectivity index is -0.0000000288. The van der Waals surface area contributed by atoms with Crippen molar-refractivity contribution in [3.05, 3.63) is 29.8 Å². The van der Waals surface area contributed by atoms with E-state index in [1.54, 1.807) is 0 Å². The third-order valence-electron chi connectivity index (χ3n) is 3.06. The molecule has 0 radical (unpaired) electrons. The highest BCUT2D eigenvalue weighted by Gasteiger charge is 1.95. The number of halogens is 23. The molecule has 0 saturated carbocycles. The zero-order valence-electron chi connectivity index (χ0n) is 20.0. The number of benzene rings is 1. The molecule has 1 rings (SSSR count). The van der Waals surface area contributed by atoms with Crippen LogP contribution in [-0.4, -0.2) is 20.1 Å². The predicted molar refractivity (Wildman–Crippen MR) is 104 cm³/mol. The van der Waals surface area contributed by atoms with Gasteiger partial charge in [-0.25, -0.2) is 0 Å². The van der Waals surface area contributed by atoms with Gasteiger partial charge in [-0.3, -0.25) is 4.70 Å². The van der Waals surface area contributed by atoms with Gasteiger partial charge in [0.15, 0.2) is 0 Å². The van der Waals surface area contributed by atoms with Crippen molar-refractivity contribution >= 4 is 5.69 Å². The van der Waals surface area contributed by atoms with Gasteiger partial charge in [-0.05, 0) is 45.0 Å². The minimum atomic E-state index is 0. The zero-order valence-corrected chi connectivity index (χ0v) is 20.0. The summed E-state index contributed by atoms with van der Waals surface area (Å²) >= 11 is 0. The molecule has 1 aromatic rings. The quantitative estimate of drug-likeness (QED) is 0.202. The van der Waals surface area contributed by atoms with Crippen molar-refractivity contribution in [2.24, 2.45) is 0 Å². The van der Waals surface area contributed by atoms with E-state index >= 15 is 0 Å². The fraction of sp³-hybridized carbons (Fsp3) is 0.600. The molecule has 0 spiro atoms. The average Bonchev–Trinajstić information content (AvgIpc) is 3.09. The van der Waals surface area contributed by atoms with Crippen molar-refractivity contribution in [1.82, 2.24) is 5.32 Å². The largest absolute Gasteiger partial charge is 0.385 e. The summed E-state index contributed by atoms with van der Waals surface area (Å²) in [5.41, 5.74) is 2.62. The van der Waals surface area contributed by atoms with Crippen LogP contribution >= 0.6 is 0 Å². The highest BCUT2D eigenvalue weighted by atomic mass is 20.0. The van der Waals surface area contributed by atoms with E-state index in [1.165, 1.54) is 43.4 Å². The van der Waals surface area contributed by atoms with Gasteiger partial charge in [0.05, 0.1) is 0 Å². The third-order valence-corrected chi connectivity index (χ3v) is 3.06. The molecule has 1 aromatic carbocycles. The summed E-state index contributed by atoms with van der Waals surface area (Å²) in [7, 11) is 2.02. The molecule has 0 amide bonds. The maximum atomic E-state index is 8.00. The molecule has 0 aliphatic carbocycles. The van der Waals surface area contributed by atoms with Gasteiger partial charge in [0.2, 0.25) is 0 Å². The van der Waals surface area contributed by atoms with E-state index in [0.717, 1.165) is 13.1 Å². The van der Waals surface area contributed by atoms with E-state index in [0.29, 0.717) is 0 Å². The van der Waals surface area contributed by atoms with Gasteiger partial charge in [0.1, 0.15) is 0 Å². The molecule has 0 aliphatic rings. The SMILES string of the molecule is CNCCCCCCCNc1ccccc1C.F.FF.FF.FF.FF.FF.FF.FF.FF.FF.FF.FF.